The first-order chi connectivity index (χ1) is 21.4. The Bertz CT molecular complexity index is 1500. The lowest BCUT2D eigenvalue weighted by atomic mass is 9.99. The highest BCUT2D eigenvalue weighted by Crippen LogP contribution is 2.22. The van der Waals surface area contributed by atoms with Crippen molar-refractivity contribution in [2.24, 2.45) is 0 Å². The Hall–Kier alpha value is -4.84. The van der Waals surface area contributed by atoms with E-state index in [1.807, 2.05) is 54.6 Å². The first-order valence-corrected chi connectivity index (χ1v) is 15.4. The van der Waals surface area contributed by atoms with Gasteiger partial charge in [-0.3, -0.25) is 4.79 Å². The third kappa shape index (κ3) is 10.2. The van der Waals surface area contributed by atoms with Crippen LogP contribution < -0.4 is 16.2 Å². The van der Waals surface area contributed by atoms with E-state index >= 15 is 0 Å². The average Bonchev–Trinajstić information content (AvgIpc) is 3.03. The smallest absolute Gasteiger partial charge is 0.338 e. The number of aryl methyl sites for hydroxylation is 1. The molecule has 0 saturated carbocycles. The van der Waals surface area contributed by atoms with E-state index < -0.39 is 5.97 Å². The Kier molecular flexibility index (Phi) is 12.2. The van der Waals surface area contributed by atoms with Gasteiger partial charge in [-0.1, -0.05) is 86.5 Å². The van der Waals surface area contributed by atoms with Gasteiger partial charge in [0.2, 0.25) is 0 Å². The summed E-state index contributed by atoms with van der Waals surface area (Å²) < 4.78 is 11.1. The van der Waals surface area contributed by atoms with Gasteiger partial charge in [-0.25, -0.2) is 4.79 Å². The van der Waals surface area contributed by atoms with Crippen LogP contribution in [-0.4, -0.2) is 25.0 Å². The first kappa shape index (κ1) is 32.1. The van der Waals surface area contributed by atoms with Crippen LogP contribution in [0.2, 0.25) is 0 Å². The highest BCUT2D eigenvalue weighted by atomic mass is 16.5. The molecule has 4 N–H and O–H groups in total. The van der Waals surface area contributed by atoms with Crippen LogP contribution in [0.15, 0.2) is 97.1 Å². The normalized spacial score (nSPS) is 11.0. The van der Waals surface area contributed by atoms with Crippen LogP contribution in [0, 0.1) is 0 Å². The lowest BCUT2D eigenvalue weighted by molar-refractivity contribution is 0.0497. The number of benzene rings is 4. The van der Waals surface area contributed by atoms with Gasteiger partial charge in [0, 0.05) is 16.9 Å². The largest absolute Gasteiger partial charge is 0.494 e. The topological polar surface area (TPSA) is 105 Å². The number of ketones is 1. The molecule has 6 nitrogen and oxygen atoms in total. The van der Waals surface area contributed by atoms with E-state index in [1.165, 1.54) is 24.8 Å². The second-order valence-corrected chi connectivity index (χ2v) is 10.9. The number of hydrogen-bond acceptors (Lipinski definition) is 6. The molecule has 0 saturated heterocycles. The maximum atomic E-state index is 12.7. The van der Waals surface area contributed by atoms with E-state index in [-0.39, 0.29) is 5.78 Å². The van der Waals surface area contributed by atoms with Gasteiger partial charge < -0.3 is 20.9 Å². The Morgan fingerprint density at radius 1 is 0.682 bits per heavy atom. The maximum absolute atomic E-state index is 12.7. The van der Waals surface area contributed by atoms with E-state index in [0.717, 1.165) is 48.1 Å². The fourth-order valence-electron chi connectivity index (χ4n) is 4.83. The van der Waals surface area contributed by atoms with Crippen LogP contribution in [-0.2, 0) is 11.2 Å². The number of rotatable bonds is 16. The van der Waals surface area contributed by atoms with Gasteiger partial charge >= 0.3 is 5.97 Å². The van der Waals surface area contributed by atoms with Crippen molar-refractivity contribution in [2.75, 3.05) is 24.7 Å². The summed E-state index contributed by atoms with van der Waals surface area (Å²) in [5.74, 6) is 0.304. The van der Waals surface area contributed by atoms with Gasteiger partial charge in [0.1, 0.15) is 5.75 Å². The van der Waals surface area contributed by atoms with Gasteiger partial charge in [-0.15, -0.1) is 0 Å². The number of carbonyl (C=O) groups excluding carboxylic acids is 2. The Morgan fingerprint density at radius 3 is 1.98 bits per heavy atom. The molecule has 44 heavy (non-hydrogen) atoms. The summed E-state index contributed by atoms with van der Waals surface area (Å²) in [7, 11) is 0. The zero-order valence-corrected chi connectivity index (χ0v) is 25.5. The zero-order chi connectivity index (χ0) is 31.1. The molecule has 0 unspecified atom stereocenters. The van der Waals surface area contributed by atoms with Crippen molar-refractivity contribution in [3.8, 4) is 16.9 Å². The van der Waals surface area contributed by atoms with Crippen LogP contribution in [0.5, 0.6) is 5.75 Å². The lowest BCUT2D eigenvalue weighted by Crippen LogP contribution is -2.08. The van der Waals surface area contributed by atoms with Gasteiger partial charge in [0.25, 0.3) is 0 Å². The third-order valence-corrected chi connectivity index (χ3v) is 7.34. The van der Waals surface area contributed by atoms with Gasteiger partial charge in [-0.05, 0) is 90.8 Å². The van der Waals surface area contributed by atoms with Crippen LogP contribution in [0.25, 0.3) is 17.2 Å². The summed E-state index contributed by atoms with van der Waals surface area (Å²) in [6, 6.07) is 28.8. The Morgan fingerprint density at radius 2 is 1.32 bits per heavy atom. The van der Waals surface area contributed by atoms with Crippen LogP contribution in [0.1, 0.15) is 77.3 Å². The highest BCUT2D eigenvalue weighted by molar-refractivity contribution is 6.07. The summed E-state index contributed by atoms with van der Waals surface area (Å²) in [6.45, 7) is 3.11. The molecule has 0 bridgehead atoms. The van der Waals surface area contributed by atoms with Crippen molar-refractivity contribution >= 4 is 29.2 Å². The lowest BCUT2D eigenvalue weighted by Gasteiger charge is -2.08. The van der Waals surface area contributed by atoms with E-state index in [2.05, 4.69) is 31.2 Å². The molecule has 0 aliphatic heterocycles. The standard InChI is InChI=1S/C38H42N2O4/c1-2-3-5-8-28-9-14-30(15-10-28)31-16-18-32(19-17-31)37(41)22-13-29-11-20-36(21-12-29)43-23-6-4-7-24-44-38(42)33-25-34(39)27-35(40)26-33/h9-22,25-27H,2-8,23-24,39-40H2,1H3/b22-13+. The summed E-state index contributed by atoms with van der Waals surface area (Å²) in [5.41, 5.74) is 17.9. The quantitative estimate of drug-likeness (QED) is 0.0445. The molecule has 0 amide bonds. The molecule has 0 aliphatic carbocycles. The van der Waals surface area contributed by atoms with Crippen LogP contribution >= 0.6 is 0 Å². The number of nitrogens with two attached hydrogens (primary N) is 2. The molecule has 228 valence electrons. The number of anilines is 2. The minimum Gasteiger partial charge on any atom is -0.494 e. The molecular formula is C38H42N2O4. The van der Waals surface area contributed by atoms with Crippen LogP contribution in [0.4, 0.5) is 11.4 Å². The van der Waals surface area contributed by atoms with Crippen molar-refractivity contribution in [1.29, 1.82) is 0 Å². The van der Waals surface area contributed by atoms with E-state index in [0.29, 0.717) is 35.7 Å². The molecule has 0 aromatic heterocycles. The molecule has 0 heterocycles. The Labute approximate surface area is 260 Å². The molecular weight excluding hydrogens is 548 g/mol. The van der Waals surface area contributed by atoms with Crippen molar-refractivity contribution in [3.63, 3.8) is 0 Å². The predicted octanol–water partition coefficient (Wildman–Crippen LogP) is 8.55. The van der Waals surface area contributed by atoms with Crippen molar-refractivity contribution in [2.45, 2.75) is 51.9 Å². The van der Waals surface area contributed by atoms with E-state index in [4.69, 9.17) is 20.9 Å². The molecule has 4 rings (SSSR count). The summed E-state index contributed by atoms with van der Waals surface area (Å²) >= 11 is 0. The van der Waals surface area contributed by atoms with Crippen molar-refractivity contribution < 1.29 is 19.1 Å². The highest BCUT2D eigenvalue weighted by Gasteiger charge is 2.09. The molecule has 0 aliphatic rings. The number of ether oxygens (including phenoxy) is 2. The second-order valence-electron chi connectivity index (χ2n) is 10.9. The molecule has 0 spiro atoms. The molecule has 4 aromatic carbocycles. The first-order valence-electron chi connectivity index (χ1n) is 15.4. The maximum Gasteiger partial charge on any atom is 0.338 e. The summed E-state index contributed by atoms with van der Waals surface area (Å²) in [4.78, 5) is 24.9. The molecule has 0 radical (unpaired) electrons. The number of allylic oxidation sites excluding steroid dienone is 1. The monoisotopic (exact) mass is 590 g/mol. The van der Waals surface area contributed by atoms with Crippen molar-refractivity contribution in [3.05, 3.63) is 119 Å². The van der Waals surface area contributed by atoms with Gasteiger partial charge in [0.05, 0.1) is 18.8 Å². The number of unbranched alkanes of at least 4 members (excludes halogenated alkanes) is 4. The predicted molar refractivity (Wildman–Crippen MR) is 180 cm³/mol. The fourth-order valence-corrected chi connectivity index (χ4v) is 4.83. The van der Waals surface area contributed by atoms with E-state index in [1.54, 1.807) is 24.3 Å². The third-order valence-electron chi connectivity index (χ3n) is 7.34. The number of esters is 1. The van der Waals surface area contributed by atoms with E-state index in [9.17, 15) is 9.59 Å². The zero-order valence-electron chi connectivity index (χ0n) is 25.5. The number of nitrogen functional groups attached to an aromatic ring is 2. The molecule has 0 atom stereocenters. The average molecular weight is 591 g/mol. The van der Waals surface area contributed by atoms with Gasteiger partial charge in [0.15, 0.2) is 5.78 Å². The molecule has 6 heteroatoms. The number of carbonyl (C=O) groups is 2. The number of hydrogen-bond donors (Lipinski definition) is 2. The molecule has 4 aromatic rings. The van der Waals surface area contributed by atoms with Crippen LogP contribution in [0.3, 0.4) is 0 Å². The summed E-state index contributed by atoms with van der Waals surface area (Å²) in [5, 5.41) is 0. The van der Waals surface area contributed by atoms with Crippen molar-refractivity contribution in [1.82, 2.24) is 0 Å². The van der Waals surface area contributed by atoms with Gasteiger partial charge in [-0.2, -0.15) is 0 Å². The minimum absolute atomic E-state index is 0.0362. The Balaban J connectivity index is 1.14. The summed E-state index contributed by atoms with van der Waals surface area (Å²) in [6.07, 6.45) is 10.7. The second kappa shape index (κ2) is 16.7. The fraction of sp³-hybridized carbons (Fsp3) is 0.263. The SMILES string of the molecule is CCCCCc1ccc(-c2ccc(C(=O)/C=C/c3ccc(OCCCCCOC(=O)c4cc(N)cc(N)c4)cc3)cc2)cc1. The molecule has 0 fully saturated rings. The minimum atomic E-state index is -0.427.